The maximum Gasteiger partial charge on any atom is 0.242 e. The van der Waals surface area contributed by atoms with Crippen LogP contribution >= 0.6 is 27.5 Å². The maximum atomic E-state index is 12.5. The standard InChI is InChI=1S/C17H15BrClN3O3S/c1-22(26(23,24)11-12-5-7-15(19)8-6-12)10-16-20-17(21-25-16)13-3-2-4-14(18)9-13/h2-9H,10-11H2,1H3. The number of aromatic nitrogens is 2. The molecule has 0 bridgehead atoms. The van der Waals surface area contributed by atoms with E-state index in [-0.39, 0.29) is 18.2 Å². The first-order valence-corrected chi connectivity index (χ1v) is 10.4. The lowest BCUT2D eigenvalue weighted by Crippen LogP contribution is -2.27. The van der Waals surface area contributed by atoms with Crippen molar-refractivity contribution in [3.63, 3.8) is 0 Å². The second-order valence-corrected chi connectivity index (χ2v) is 9.09. The zero-order valence-corrected chi connectivity index (χ0v) is 16.9. The third kappa shape index (κ3) is 4.70. The van der Waals surface area contributed by atoms with Gasteiger partial charge in [0.1, 0.15) is 0 Å². The van der Waals surface area contributed by atoms with Gasteiger partial charge < -0.3 is 4.52 Å². The highest BCUT2D eigenvalue weighted by Gasteiger charge is 2.21. The third-order valence-corrected chi connectivity index (χ3v) is 6.17. The van der Waals surface area contributed by atoms with Gasteiger partial charge in [-0.2, -0.15) is 9.29 Å². The Morgan fingerprint density at radius 3 is 2.62 bits per heavy atom. The molecule has 0 radical (unpaired) electrons. The van der Waals surface area contributed by atoms with E-state index in [1.165, 1.54) is 11.4 Å². The van der Waals surface area contributed by atoms with Gasteiger partial charge in [0.25, 0.3) is 0 Å². The van der Waals surface area contributed by atoms with Crippen molar-refractivity contribution >= 4 is 37.6 Å². The minimum absolute atomic E-state index is 0.00305. The molecule has 0 aliphatic rings. The molecule has 1 heterocycles. The molecule has 0 aliphatic carbocycles. The third-order valence-electron chi connectivity index (χ3n) is 3.65. The Balaban J connectivity index is 1.71. The minimum atomic E-state index is -3.53. The van der Waals surface area contributed by atoms with E-state index in [1.807, 2.05) is 24.3 Å². The van der Waals surface area contributed by atoms with Crippen molar-refractivity contribution in [2.24, 2.45) is 0 Å². The Bertz CT molecular complexity index is 1010. The van der Waals surface area contributed by atoms with Crippen molar-refractivity contribution in [1.29, 1.82) is 0 Å². The smallest absolute Gasteiger partial charge is 0.242 e. The second kappa shape index (κ2) is 7.87. The van der Waals surface area contributed by atoms with Gasteiger partial charge in [-0.15, -0.1) is 0 Å². The summed E-state index contributed by atoms with van der Waals surface area (Å²) in [5.41, 5.74) is 1.43. The van der Waals surface area contributed by atoms with E-state index in [4.69, 9.17) is 16.1 Å². The number of sulfonamides is 1. The monoisotopic (exact) mass is 455 g/mol. The topological polar surface area (TPSA) is 76.3 Å². The number of nitrogens with zero attached hydrogens (tertiary/aromatic N) is 3. The molecule has 0 N–H and O–H groups in total. The quantitative estimate of drug-likeness (QED) is 0.558. The van der Waals surface area contributed by atoms with Crippen molar-refractivity contribution in [2.45, 2.75) is 12.3 Å². The van der Waals surface area contributed by atoms with Crippen LogP contribution in [0.15, 0.2) is 57.5 Å². The molecule has 3 aromatic rings. The lowest BCUT2D eigenvalue weighted by atomic mass is 10.2. The Labute approximate surface area is 165 Å². The molecule has 0 unspecified atom stereocenters. The molecule has 136 valence electrons. The largest absolute Gasteiger partial charge is 0.338 e. The summed E-state index contributed by atoms with van der Waals surface area (Å²) in [5, 5.41) is 4.47. The van der Waals surface area contributed by atoms with Gasteiger partial charge in [-0.25, -0.2) is 8.42 Å². The molecule has 26 heavy (non-hydrogen) atoms. The van der Waals surface area contributed by atoms with E-state index in [0.717, 1.165) is 10.0 Å². The van der Waals surface area contributed by atoms with Crippen molar-refractivity contribution in [1.82, 2.24) is 14.4 Å². The molecule has 3 rings (SSSR count). The highest BCUT2D eigenvalue weighted by atomic mass is 79.9. The number of benzene rings is 2. The van der Waals surface area contributed by atoms with Gasteiger partial charge in [-0.3, -0.25) is 0 Å². The molecule has 0 atom stereocenters. The van der Waals surface area contributed by atoms with Crippen LogP contribution in [-0.4, -0.2) is 29.9 Å². The highest BCUT2D eigenvalue weighted by Crippen LogP contribution is 2.21. The first-order chi connectivity index (χ1) is 12.3. The highest BCUT2D eigenvalue weighted by molar-refractivity contribution is 9.10. The molecule has 2 aromatic carbocycles. The summed E-state index contributed by atoms with van der Waals surface area (Å²) < 4.78 is 32.3. The van der Waals surface area contributed by atoms with Gasteiger partial charge in [-0.05, 0) is 29.8 Å². The van der Waals surface area contributed by atoms with E-state index >= 15 is 0 Å². The van der Waals surface area contributed by atoms with E-state index in [9.17, 15) is 8.42 Å². The van der Waals surface area contributed by atoms with Gasteiger partial charge in [0.2, 0.25) is 21.7 Å². The van der Waals surface area contributed by atoms with Gasteiger partial charge in [-0.1, -0.05) is 57.0 Å². The van der Waals surface area contributed by atoms with E-state index < -0.39 is 10.0 Å². The van der Waals surface area contributed by atoms with Crippen LogP contribution in [0.1, 0.15) is 11.5 Å². The fraction of sp³-hybridized carbons (Fsp3) is 0.176. The van der Waals surface area contributed by atoms with Crippen molar-refractivity contribution in [2.75, 3.05) is 7.05 Å². The average molecular weight is 457 g/mol. The molecule has 9 heteroatoms. The lowest BCUT2D eigenvalue weighted by molar-refractivity contribution is 0.336. The molecule has 0 aliphatic heterocycles. The predicted molar refractivity (Wildman–Crippen MR) is 103 cm³/mol. The van der Waals surface area contributed by atoms with E-state index in [1.54, 1.807) is 24.3 Å². The summed E-state index contributed by atoms with van der Waals surface area (Å²) in [5.74, 6) is 0.500. The summed E-state index contributed by atoms with van der Waals surface area (Å²) in [7, 11) is -2.05. The molecule has 0 saturated carbocycles. The van der Waals surface area contributed by atoms with Crippen molar-refractivity contribution < 1.29 is 12.9 Å². The van der Waals surface area contributed by atoms with Crippen LogP contribution in [0, 0.1) is 0 Å². The van der Waals surface area contributed by atoms with Crippen LogP contribution in [0.25, 0.3) is 11.4 Å². The van der Waals surface area contributed by atoms with Crippen LogP contribution < -0.4 is 0 Å². The fourth-order valence-electron chi connectivity index (χ4n) is 2.25. The molecule has 0 saturated heterocycles. The molecule has 0 amide bonds. The van der Waals surface area contributed by atoms with Gasteiger partial charge in [0.05, 0.1) is 12.3 Å². The second-order valence-electron chi connectivity index (χ2n) is 5.66. The molecule has 1 aromatic heterocycles. The molecule has 6 nitrogen and oxygen atoms in total. The van der Waals surface area contributed by atoms with E-state index in [0.29, 0.717) is 16.4 Å². The molecule has 0 spiro atoms. The summed E-state index contributed by atoms with van der Waals surface area (Å²) in [4.78, 5) is 4.27. The number of rotatable bonds is 6. The molecular weight excluding hydrogens is 442 g/mol. The summed E-state index contributed by atoms with van der Waals surface area (Å²) in [6, 6.07) is 14.1. The van der Waals surface area contributed by atoms with Gasteiger partial charge in [0, 0.05) is 22.1 Å². The predicted octanol–water partition coefficient (Wildman–Crippen LogP) is 4.11. The minimum Gasteiger partial charge on any atom is -0.338 e. The van der Waals surface area contributed by atoms with Crippen LogP contribution in [0.3, 0.4) is 0 Å². The molecular formula is C17H15BrClN3O3S. The number of hydrogen-bond acceptors (Lipinski definition) is 5. The van der Waals surface area contributed by atoms with Crippen LogP contribution in [-0.2, 0) is 22.3 Å². The van der Waals surface area contributed by atoms with Crippen molar-refractivity contribution in [3.05, 3.63) is 69.5 Å². The Hall–Kier alpha value is -1.74. The first-order valence-electron chi connectivity index (χ1n) is 7.60. The number of hydrogen-bond donors (Lipinski definition) is 0. The van der Waals surface area contributed by atoms with Crippen molar-refractivity contribution in [3.8, 4) is 11.4 Å². The number of halogens is 2. The normalized spacial score (nSPS) is 11.8. The zero-order valence-electron chi connectivity index (χ0n) is 13.8. The molecule has 0 fully saturated rings. The SMILES string of the molecule is CN(Cc1nc(-c2cccc(Br)c2)no1)S(=O)(=O)Cc1ccc(Cl)cc1. The Morgan fingerprint density at radius 2 is 1.92 bits per heavy atom. The van der Waals surface area contributed by atoms with Crippen LogP contribution in [0.4, 0.5) is 0 Å². The Morgan fingerprint density at radius 1 is 1.19 bits per heavy atom. The van der Waals surface area contributed by atoms with Gasteiger partial charge >= 0.3 is 0 Å². The first kappa shape index (κ1) is 19.0. The summed E-state index contributed by atoms with van der Waals surface area (Å²) in [6.07, 6.45) is 0. The summed E-state index contributed by atoms with van der Waals surface area (Å²) >= 11 is 9.21. The summed E-state index contributed by atoms with van der Waals surface area (Å²) in [6.45, 7) is -0.00305. The van der Waals surface area contributed by atoms with Gasteiger partial charge in [0.15, 0.2) is 0 Å². The fourth-order valence-corrected chi connectivity index (χ4v) is 3.92. The van der Waals surface area contributed by atoms with Crippen LogP contribution in [0.2, 0.25) is 5.02 Å². The Kier molecular flexibility index (Phi) is 5.76. The maximum absolute atomic E-state index is 12.5. The average Bonchev–Trinajstić information content (AvgIpc) is 3.05. The van der Waals surface area contributed by atoms with E-state index in [2.05, 4.69) is 26.1 Å². The zero-order chi connectivity index (χ0) is 18.7. The van der Waals surface area contributed by atoms with Crippen LogP contribution in [0.5, 0.6) is 0 Å². The lowest BCUT2D eigenvalue weighted by Gasteiger charge is -2.15.